The summed E-state index contributed by atoms with van der Waals surface area (Å²) in [6.45, 7) is 5.68. The fourth-order valence-electron chi connectivity index (χ4n) is 3.79. The fraction of sp³-hybridized carbons (Fsp3) is 0.280. The first-order valence-electron chi connectivity index (χ1n) is 11.3. The zero-order valence-corrected chi connectivity index (χ0v) is 20.4. The Labute approximate surface area is 204 Å². The quantitative estimate of drug-likeness (QED) is 0.459. The molecule has 10 heteroatoms. The van der Waals surface area contributed by atoms with E-state index in [1.165, 1.54) is 24.5 Å². The van der Waals surface area contributed by atoms with Crippen LogP contribution in [-0.4, -0.2) is 44.6 Å². The lowest BCUT2D eigenvalue weighted by atomic mass is 10.2. The standard InChI is InChI=1S/C25H28N4O5S/c1-18-16-29(17-19(2)34-18)24-11-8-21(14-26-24)28-25(30)12-7-20-5-9-23(10-6-20)35(31,32)27-15-22-4-3-13-33-22/h3-14,18-19,27H,15-17H2,1-2H3,(H,28,30)/b12-7+. The van der Waals surface area contributed by atoms with E-state index in [0.29, 0.717) is 17.0 Å². The number of hydrogen-bond acceptors (Lipinski definition) is 7. The molecule has 2 unspecified atom stereocenters. The van der Waals surface area contributed by atoms with Crippen LogP contribution in [0.2, 0.25) is 0 Å². The van der Waals surface area contributed by atoms with E-state index in [1.54, 1.807) is 36.5 Å². The number of nitrogens with zero attached hydrogens (tertiary/aromatic N) is 2. The number of hydrogen-bond donors (Lipinski definition) is 2. The van der Waals surface area contributed by atoms with Gasteiger partial charge in [0.25, 0.3) is 0 Å². The predicted octanol–water partition coefficient (Wildman–Crippen LogP) is 3.42. The molecule has 9 nitrogen and oxygen atoms in total. The van der Waals surface area contributed by atoms with Gasteiger partial charge in [-0.15, -0.1) is 0 Å². The Morgan fingerprint density at radius 3 is 2.49 bits per heavy atom. The highest BCUT2D eigenvalue weighted by Crippen LogP contribution is 2.20. The minimum Gasteiger partial charge on any atom is -0.468 e. The van der Waals surface area contributed by atoms with E-state index >= 15 is 0 Å². The summed E-state index contributed by atoms with van der Waals surface area (Å²) in [4.78, 5) is 19.1. The van der Waals surface area contributed by atoms with Gasteiger partial charge in [0.2, 0.25) is 15.9 Å². The zero-order chi connectivity index (χ0) is 24.8. The molecule has 0 bridgehead atoms. The maximum Gasteiger partial charge on any atom is 0.248 e. The van der Waals surface area contributed by atoms with E-state index in [0.717, 1.165) is 18.9 Å². The number of nitrogens with one attached hydrogen (secondary N) is 2. The van der Waals surface area contributed by atoms with Gasteiger partial charge in [0.1, 0.15) is 11.6 Å². The van der Waals surface area contributed by atoms with Crippen LogP contribution in [0.25, 0.3) is 6.08 Å². The Hall–Kier alpha value is -3.47. The first-order valence-corrected chi connectivity index (χ1v) is 12.7. The second kappa shape index (κ2) is 10.9. The van der Waals surface area contributed by atoms with Crippen molar-refractivity contribution in [3.8, 4) is 0 Å². The third kappa shape index (κ3) is 6.78. The second-order valence-corrected chi connectivity index (χ2v) is 10.1. The van der Waals surface area contributed by atoms with Crippen molar-refractivity contribution in [2.24, 2.45) is 0 Å². The second-order valence-electron chi connectivity index (χ2n) is 8.36. The van der Waals surface area contributed by atoms with E-state index in [1.807, 2.05) is 26.0 Å². The van der Waals surface area contributed by atoms with Crippen LogP contribution in [0.3, 0.4) is 0 Å². The molecule has 0 radical (unpaired) electrons. The van der Waals surface area contributed by atoms with E-state index < -0.39 is 10.0 Å². The Balaban J connectivity index is 1.30. The SMILES string of the molecule is CC1CN(c2ccc(NC(=O)/C=C/c3ccc(S(=O)(=O)NCc4ccco4)cc3)cn2)CC(C)O1. The van der Waals surface area contributed by atoms with Crippen molar-refractivity contribution in [1.82, 2.24) is 9.71 Å². The third-order valence-electron chi connectivity index (χ3n) is 5.39. The molecule has 1 saturated heterocycles. The molecule has 3 aromatic rings. The van der Waals surface area contributed by atoms with Crippen LogP contribution in [0.15, 0.2) is 76.4 Å². The van der Waals surface area contributed by atoms with Gasteiger partial charge >= 0.3 is 0 Å². The smallest absolute Gasteiger partial charge is 0.248 e. The fourth-order valence-corrected chi connectivity index (χ4v) is 4.78. The van der Waals surface area contributed by atoms with E-state index in [4.69, 9.17) is 9.15 Å². The number of carbonyl (C=O) groups is 1. The monoisotopic (exact) mass is 496 g/mol. The molecule has 2 aromatic heterocycles. The molecular weight excluding hydrogens is 468 g/mol. The molecule has 1 fully saturated rings. The van der Waals surface area contributed by atoms with Crippen LogP contribution >= 0.6 is 0 Å². The lowest BCUT2D eigenvalue weighted by Crippen LogP contribution is -2.45. The highest BCUT2D eigenvalue weighted by Gasteiger charge is 2.23. The largest absolute Gasteiger partial charge is 0.468 e. The van der Waals surface area contributed by atoms with Gasteiger partial charge in [-0.2, -0.15) is 0 Å². The van der Waals surface area contributed by atoms with Crippen molar-refractivity contribution < 1.29 is 22.4 Å². The number of rotatable bonds is 8. The van der Waals surface area contributed by atoms with Gasteiger partial charge in [0.05, 0.1) is 41.8 Å². The summed E-state index contributed by atoms with van der Waals surface area (Å²) in [5, 5.41) is 2.78. The van der Waals surface area contributed by atoms with Crippen LogP contribution in [0.4, 0.5) is 11.5 Å². The van der Waals surface area contributed by atoms with E-state index in [9.17, 15) is 13.2 Å². The minimum absolute atomic E-state index is 0.0671. The van der Waals surface area contributed by atoms with Crippen LogP contribution in [0.5, 0.6) is 0 Å². The number of carbonyl (C=O) groups excluding carboxylic acids is 1. The van der Waals surface area contributed by atoms with Crippen LogP contribution in [0.1, 0.15) is 25.2 Å². The van der Waals surface area contributed by atoms with Crippen LogP contribution in [0, 0.1) is 0 Å². The summed E-state index contributed by atoms with van der Waals surface area (Å²) in [5.74, 6) is 1.05. The number of furan rings is 1. The van der Waals surface area contributed by atoms with Crippen molar-refractivity contribution in [2.75, 3.05) is 23.3 Å². The summed E-state index contributed by atoms with van der Waals surface area (Å²) in [6, 6.07) is 13.3. The van der Waals surface area contributed by atoms with Gasteiger partial charge < -0.3 is 19.4 Å². The first-order chi connectivity index (χ1) is 16.8. The molecule has 35 heavy (non-hydrogen) atoms. The van der Waals surface area contributed by atoms with Gasteiger partial charge in [-0.3, -0.25) is 4.79 Å². The lowest BCUT2D eigenvalue weighted by molar-refractivity contribution is -0.111. The molecular formula is C25H28N4O5S. The number of benzene rings is 1. The normalized spacial score (nSPS) is 18.6. The summed E-state index contributed by atoms with van der Waals surface area (Å²) >= 11 is 0. The summed E-state index contributed by atoms with van der Waals surface area (Å²) in [7, 11) is -3.67. The molecule has 2 atom stereocenters. The lowest BCUT2D eigenvalue weighted by Gasteiger charge is -2.36. The number of anilines is 2. The summed E-state index contributed by atoms with van der Waals surface area (Å²) in [6.07, 6.45) is 6.38. The molecule has 4 rings (SSSR count). The zero-order valence-electron chi connectivity index (χ0n) is 19.5. The van der Waals surface area contributed by atoms with Crippen molar-refractivity contribution in [1.29, 1.82) is 0 Å². The molecule has 0 spiro atoms. The van der Waals surface area contributed by atoms with Crippen molar-refractivity contribution in [2.45, 2.75) is 37.5 Å². The number of amides is 1. The molecule has 0 aliphatic carbocycles. The van der Waals surface area contributed by atoms with Gasteiger partial charge in [-0.25, -0.2) is 18.1 Å². The Morgan fingerprint density at radius 2 is 1.86 bits per heavy atom. The topological polar surface area (TPSA) is 114 Å². The average molecular weight is 497 g/mol. The number of ether oxygens (including phenoxy) is 1. The van der Waals surface area contributed by atoms with Gasteiger partial charge in [0.15, 0.2) is 0 Å². The molecule has 1 aliphatic heterocycles. The van der Waals surface area contributed by atoms with Gasteiger partial charge in [-0.1, -0.05) is 12.1 Å². The van der Waals surface area contributed by atoms with Crippen LogP contribution < -0.4 is 14.9 Å². The Kier molecular flexibility index (Phi) is 7.64. The highest BCUT2D eigenvalue weighted by molar-refractivity contribution is 7.89. The number of aromatic nitrogens is 1. The average Bonchev–Trinajstić information content (AvgIpc) is 3.36. The van der Waals surface area contributed by atoms with Crippen LogP contribution in [-0.2, 0) is 26.1 Å². The summed E-state index contributed by atoms with van der Waals surface area (Å²) < 4.78 is 38.2. The molecule has 0 saturated carbocycles. The molecule has 3 heterocycles. The van der Waals surface area contributed by atoms with Crippen molar-refractivity contribution in [3.63, 3.8) is 0 Å². The number of pyridine rings is 1. The number of morpholine rings is 1. The van der Waals surface area contributed by atoms with Crippen molar-refractivity contribution >= 4 is 33.5 Å². The van der Waals surface area contributed by atoms with Gasteiger partial charge in [0, 0.05) is 19.2 Å². The number of sulfonamides is 1. The minimum atomic E-state index is -3.67. The van der Waals surface area contributed by atoms with E-state index in [2.05, 4.69) is 19.9 Å². The maximum absolute atomic E-state index is 12.4. The molecule has 1 amide bonds. The molecule has 1 aliphatic rings. The maximum atomic E-state index is 12.4. The Bertz CT molecular complexity index is 1250. The molecule has 1 aromatic carbocycles. The molecule has 184 valence electrons. The first kappa shape index (κ1) is 24.6. The van der Waals surface area contributed by atoms with Crippen molar-refractivity contribution in [3.05, 3.63) is 78.4 Å². The summed E-state index contributed by atoms with van der Waals surface area (Å²) in [5.41, 5.74) is 1.27. The third-order valence-corrected chi connectivity index (χ3v) is 6.81. The van der Waals surface area contributed by atoms with Gasteiger partial charge in [-0.05, 0) is 61.9 Å². The highest BCUT2D eigenvalue weighted by atomic mass is 32.2. The predicted molar refractivity (Wildman–Crippen MR) is 133 cm³/mol. The molecule has 2 N–H and O–H groups in total. The Morgan fingerprint density at radius 1 is 1.11 bits per heavy atom. The van der Waals surface area contributed by atoms with E-state index in [-0.39, 0.29) is 29.6 Å².